The summed E-state index contributed by atoms with van der Waals surface area (Å²) in [6.07, 6.45) is 5.83. The Balaban J connectivity index is 3.56. The predicted octanol–water partition coefficient (Wildman–Crippen LogP) is -0.898. The largest absolute Gasteiger partial charge is 0.452 e. The molecule has 0 saturated heterocycles. The molecule has 0 atom stereocenters. The van der Waals surface area contributed by atoms with Crippen LogP contribution < -0.4 is 4.72 Å². The van der Waals surface area contributed by atoms with E-state index in [4.69, 9.17) is 6.42 Å². The van der Waals surface area contributed by atoms with Crippen LogP contribution in [0.3, 0.4) is 0 Å². The molecule has 0 aliphatic rings. The van der Waals surface area contributed by atoms with Crippen molar-refractivity contribution in [3.05, 3.63) is 0 Å². The lowest BCUT2D eigenvalue weighted by atomic mass is 10.4. The Kier molecular flexibility index (Phi) is 5.11. The number of rotatable bonds is 5. The fraction of sp³-hybridized carbons (Fsp3) is 0.571. The third-order valence-corrected chi connectivity index (χ3v) is 1.74. The molecule has 0 bridgehead atoms. The highest BCUT2D eigenvalue weighted by Crippen LogP contribution is 1.85. The quantitative estimate of drug-likeness (QED) is 0.466. The molecular weight excluding hydrogens is 194 g/mol. The Morgan fingerprint density at radius 3 is 2.69 bits per heavy atom. The Hall–Kier alpha value is -1.06. The highest BCUT2D eigenvalue weighted by atomic mass is 32.2. The minimum absolute atomic E-state index is 0.0191. The third-order valence-electron chi connectivity index (χ3n) is 1.01. The van der Waals surface area contributed by atoms with E-state index in [-0.39, 0.29) is 19.6 Å². The van der Waals surface area contributed by atoms with Gasteiger partial charge in [-0.05, 0) is 0 Å². The molecule has 6 heteroatoms. The molecule has 0 unspecified atom stereocenters. The van der Waals surface area contributed by atoms with Gasteiger partial charge in [-0.15, -0.1) is 6.42 Å². The van der Waals surface area contributed by atoms with Crippen LogP contribution in [0.4, 0.5) is 0 Å². The monoisotopic (exact) mass is 205 g/mol. The number of hydrogen-bond donors (Lipinski definition) is 1. The first-order valence-electron chi connectivity index (χ1n) is 3.49. The van der Waals surface area contributed by atoms with Crippen molar-refractivity contribution in [2.24, 2.45) is 0 Å². The number of nitrogens with one attached hydrogen (secondary N) is 1. The van der Waals surface area contributed by atoms with Crippen LogP contribution >= 0.6 is 0 Å². The summed E-state index contributed by atoms with van der Waals surface area (Å²) in [5.41, 5.74) is 0. The average molecular weight is 205 g/mol. The fourth-order valence-corrected chi connectivity index (χ4v) is 1.01. The van der Waals surface area contributed by atoms with Crippen LogP contribution in [0.1, 0.15) is 6.42 Å². The summed E-state index contributed by atoms with van der Waals surface area (Å²) < 4.78 is 27.7. The molecule has 0 rings (SSSR count). The van der Waals surface area contributed by atoms with Crippen molar-refractivity contribution in [3.8, 4) is 12.3 Å². The van der Waals surface area contributed by atoms with E-state index in [0.29, 0.717) is 0 Å². The van der Waals surface area contributed by atoms with Crippen LogP contribution in [-0.4, -0.2) is 33.8 Å². The molecule has 0 amide bonds. The van der Waals surface area contributed by atoms with E-state index < -0.39 is 16.0 Å². The van der Waals surface area contributed by atoms with E-state index in [9.17, 15) is 13.2 Å². The van der Waals surface area contributed by atoms with Crippen LogP contribution in [-0.2, 0) is 19.6 Å². The standard InChI is InChI=1S/C7H11NO4S/c1-3-6-12-7(9)4-5-8-13(2,10)11/h1,8H,4-6H2,2H3. The molecule has 1 N–H and O–H groups in total. The van der Waals surface area contributed by atoms with E-state index in [1.54, 1.807) is 0 Å². The summed E-state index contributed by atoms with van der Waals surface area (Å²) in [6, 6.07) is 0. The van der Waals surface area contributed by atoms with Crippen molar-refractivity contribution in [2.75, 3.05) is 19.4 Å². The van der Waals surface area contributed by atoms with Gasteiger partial charge in [0.2, 0.25) is 10.0 Å². The Labute approximate surface area is 77.5 Å². The first-order valence-corrected chi connectivity index (χ1v) is 5.38. The summed E-state index contributed by atoms with van der Waals surface area (Å²) in [7, 11) is -3.24. The normalized spacial score (nSPS) is 10.5. The summed E-state index contributed by atoms with van der Waals surface area (Å²) in [4.78, 5) is 10.7. The highest BCUT2D eigenvalue weighted by molar-refractivity contribution is 7.88. The maximum absolute atomic E-state index is 10.7. The lowest BCUT2D eigenvalue weighted by molar-refractivity contribution is -0.141. The van der Waals surface area contributed by atoms with Gasteiger partial charge >= 0.3 is 5.97 Å². The van der Waals surface area contributed by atoms with Crippen LogP contribution in [0.15, 0.2) is 0 Å². The van der Waals surface area contributed by atoms with Gasteiger partial charge in [0.25, 0.3) is 0 Å². The molecule has 0 saturated carbocycles. The summed E-state index contributed by atoms with van der Waals surface area (Å²) >= 11 is 0. The smallest absolute Gasteiger partial charge is 0.308 e. The van der Waals surface area contributed by atoms with Crippen LogP contribution in [0, 0.1) is 12.3 Å². The molecule has 0 radical (unpaired) electrons. The van der Waals surface area contributed by atoms with Crippen molar-refractivity contribution in [1.82, 2.24) is 4.72 Å². The molecule has 0 heterocycles. The number of ether oxygens (including phenoxy) is 1. The molecule has 0 aromatic rings. The zero-order valence-corrected chi connectivity index (χ0v) is 8.06. The number of sulfonamides is 1. The van der Waals surface area contributed by atoms with Gasteiger partial charge in [-0.2, -0.15) is 0 Å². The molecule has 0 aromatic carbocycles. The zero-order valence-electron chi connectivity index (χ0n) is 7.24. The molecule has 0 spiro atoms. The summed E-state index contributed by atoms with van der Waals surface area (Å²) in [5.74, 6) is 1.60. The maximum atomic E-state index is 10.7. The van der Waals surface area contributed by atoms with E-state index in [1.165, 1.54) is 0 Å². The van der Waals surface area contributed by atoms with Crippen LogP contribution in [0.25, 0.3) is 0 Å². The topological polar surface area (TPSA) is 72.5 Å². The molecule has 74 valence electrons. The maximum Gasteiger partial charge on any atom is 0.308 e. The number of carbonyl (C=O) groups is 1. The van der Waals surface area contributed by atoms with Gasteiger partial charge in [-0.25, -0.2) is 13.1 Å². The zero-order chi connectivity index (χ0) is 10.3. The minimum atomic E-state index is -3.24. The summed E-state index contributed by atoms with van der Waals surface area (Å²) in [5, 5.41) is 0. The van der Waals surface area contributed by atoms with E-state index in [2.05, 4.69) is 15.4 Å². The molecule has 0 fully saturated rings. The van der Waals surface area contributed by atoms with E-state index in [1.807, 2.05) is 0 Å². The first kappa shape index (κ1) is 11.9. The molecule has 5 nitrogen and oxygen atoms in total. The number of terminal acetylenes is 1. The van der Waals surface area contributed by atoms with Crippen molar-refractivity contribution >= 4 is 16.0 Å². The number of esters is 1. The predicted molar refractivity (Wildman–Crippen MR) is 47.3 cm³/mol. The van der Waals surface area contributed by atoms with Crippen molar-refractivity contribution < 1.29 is 17.9 Å². The highest BCUT2D eigenvalue weighted by Gasteiger charge is 2.04. The van der Waals surface area contributed by atoms with Gasteiger partial charge in [-0.3, -0.25) is 4.79 Å². The molecule has 0 aliphatic carbocycles. The second kappa shape index (κ2) is 5.56. The second-order valence-electron chi connectivity index (χ2n) is 2.28. The first-order chi connectivity index (χ1) is 5.95. The van der Waals surface area contributed by atoms with Gasteiger partial charge < -0.3 is 4.74 Å². The van der Waals surface area contributed by atoms with Gasteiger partial charge in [0.05, 0.1) is 12.7 Å². The number of hydrogen-bond acceptors (Lipinski definition) is 4. The lowest BCUT2D eigenvalue weighted by Gasteiger charge is -2.01. The second-order valence-corrected chi connectivity index (χ2v) is 4.11. The summed E-state index contributed by atoms with van der Waals surface area (Å²) in [6.45, 7) is -0.0556. The van der Waals surface area contributed by atoms with Crippen LogP contribution in [0.2, 0.25) is 0 Å². The minimum Gasteiger partial charge on any atom is -0.452 e. The SMILES string of the molecule is C#CCOC(=O)CCNS(C)(=O)=O. The van der Waals surface area contributed by atoms with Gasteiger partial charge in [0.1, 0.15) is 0 Å². The van der Waals surface area contributed by atoms with Gasteiger partial charge in [0, 0.05) is 6.54 Å². The van der Waals surface area contributed by atoms with E-state index >= 15 is 0 Å². The third kappa shape index (κ3) is 8.85. The molecule has 0 aliphatic heterocycles. The Morgan fingerprint density at radius 1 is 1.62 bits per heavy atom. The van der Waals surface area contributed by atoms with Gasteiger partial charge in [0.15, 0.2) is 6.61 Å². The average Bonchev–Trinajstić information content (AvgIpc) is 1.98. The van der Waals surface area contributed by atoms with Crippen molar-refractivity contribution in [3.63, 3.8) is 0 Å². The molecular formula is C7H11NO4S. The van der Waals surface area contributed by atoms with E-state index in [0.717, 1.165) is 6.26 Å². The fourth-order valence-electron chi connectivity index (χ4n) is 0.533. The Bertz CT molecular complexity index is 301. The van der Waals surface area contributed by atoms with Crippen LogP contribution in [0.5, 0.6) is 0 Å². The van der Waals surface area contributed by atoms with Gasteiger partial charge in [-0.1, -0.05) is 5.92 Å². The van der Waals surface area contributed by atoms with Crippen molar-refractivity contribution in [1.29, 1.82) is 0 Å². The molecule has 0 aromatic heterocycles. The number of carbonyl (C=O) groups excluding carboxylic acids is 1. The molecule has 13 heavy (non-hydrogen) atoms. The Morgan fingerprint density at radius 2 is 2.23 bits per heavy atom. The lowest BCUT2D eigenvalue weighted by Crippen LogP contribution is -2.25. The van der Waals surface area contributed by atoms with Crippen molar-refractivity contribution in [2.45, 2.75) is 6.42 Å².